The summed E-state index contributed by atoms with van der Waals surface area (Å²) in [7, 11) is 0. The van der Waals surface area contributed by atoms with Gasteiger partial charge in [-0.05, 0) is 48.4 Å². The predicted molar refractivity (Wildman–Crippen MR) is 82.8 cm³/mol. The fourth-order valence-corrected chi connectivity index (χ4v) is 3.76. The van der Waals surface area contributed by atoms with Gasteiger partial charge in [0.05, 0.1) is 5.52 Å². The summed E-state index contributed by atoms with van der Waals surface area (Å²) in [4.78, 5) is 13.5. The lowest BCUT2D eigenvalue weighted by molar-refractivity contribution is 0.891. The van der Waals surface area contributed by atoms with E-state index in [1.165, 1.54) is 22.6 Å². The molecule has 0 unspecified atom stereocenters. The summed E-state index contributed by atoms with van der Waals surface area (Å²) in [5.74, 6) is 2.01. The van der Waals surface area contributed by atoms with Gasteiger partial charge in [-0.3, -0.25) is 0 Å². The number of nitrogen functional groups attached to an aromatic ring is 1. The van der Waals surface area contributed by atoms with E-state index in [2.05, 4.69) is 21.0 Å². The number of pyridine rings is 1. The van der Waals surface area contributed by atoms with Crippen LogP contribution in [-0.4, -0.2) is 20.7 Å². The second-order valence-corrected chi connectivity index (χ2v) is 6.06. The third-order valence-electron chi connectivity index (χ3n) is 3.63. The van der Waals surface area contributed by atoms with Crippen molar-refractivity contribution in [2.45, 2.75) is 17.7 Å². The lowest BCUT2D eigenvalue weighted by Crippen LogP contribution is -2.04. The Hall–Kier alpha value is -2.01. The van der Waals surface area contributed by atoms with Crippen molar-refractivity contribution < 1.29 is 0 Å². The number of rotatable bonds is 1. The molecule has 3 aromatic rings. The minimum Gasteiger partial charge on any atom is -0.398 e. The smallest absolute Gasteiger partial charge is 0.178 e. The van der Waals surface area contributed by atoms with E-state index in [0.29, 0.717) is 0 Å². The number of benzene rings is 1. The molecule has 0 radical (unpaired) electrons. The highest BCUT2D eigenvalue weighted by atomic mass is 32.2. The van der Waals surface area contributed by atoms with Crippen LogP contribution in [-0.2, 0) is 6.42 Å². The van der Waals surface area contributed by atoms with Gasteiger partial charge in [-0.1, -0.05) is 0 Å². The second-order valence-electron chi connectivity index (χ2n) is 4.92. The zero-order valence-corrected chi connectivity index (χ0v) is 11.7. The minimum atomic E-state index is 0.739. The summed E-state index contributed by atoms with van der Waals surface area (Å²) in [5.41, 5.74) is 11.0. The van der Waals surface area contributed by atoms with Crippen LogP contribution in [0.5, 0.6) is 0 Å². The fourth-order valence-electron chi connectivity index (χ4n) is 2.70. The Kier molecular flexibility index (Phi) is 2.67. The first-order valence-corrected chi connectivity index (χ1v) is 7.67. The maximum absolute atomic E-state index is 6.21. The predicted octanol–water partition coefficient (Wildman–Crippen LogP) is 3.25. The molecule has 3 heterocycles. The first-order valence-electron chi connectivity index (χ1n) is 6.68. The van der Waals surface area contributed by atoms with Gasteiger partial charge in [0.2, 0.25) is 0 Å². The molecule has 1 aliphatic rings. The van der Waals surface area contributed by atoms with Crippen molar-refractivity contribution in [2.75, 3.05) is 11.5 Å². The van der Waals surface area contributed by atoms with E-state index in [1.807, 2.05) is 30.0 Å². The lowest BCUT2D eigenvalue weighted by Gasteiger charge is -2.19. The molecule has 20 heavy (non-hydrogen) atoms. The molecule has 3 N–H and O–H groups in total. The number of aromatic amines is 1. The molecule has 0 fully saturated rings. The molecule has 0 atom stereocenters. The molecule has 1 aliphatic heterocycles. The Morgan fingerprint density at radius 3 is 3.10 bits per heavy atom. The van der Waals surface area contributed by atoms with Gasteiger partial charge in [0, 0.05) is 22.3 Å². The number of hydrogen-bond acceptors (Lipinski definition) is 4. The molecule has 0 saturated heterocycles. The van der Waals surface area contributed by atoms with Gasteiger partial charge in [0.15, 0.2) is 5.65 Å². The van der Waals surface area contributed by atoms with E-state index in [4.69, 9.17) is 5.73 Å². The average molecular weight is 282 g/mol. The summed E-state index contributed by atoms with van der Waals surface area (Å²) < 4.78 is 0. The molecule has 100 valence electrons. The molecule has 0 bridgehead atoms. The van der Waals surface area contributed by atoms with Crippen LogP contribution in [0.3, 0.4) is 0 Å². The Morgan fingerprint density at radius 2 is 2.20 bits per heavy atom. The highest BCUT2D eigenvalue weighted by Gasteiger charge is 2.19. The summed E-state index contributed by atoms with van der Waals surface area (Å²) in [6.07, 6.45) is 4.01. The van der Waals surface area contributed by atoms with Crippen LogP contribution in [0.1, 0.15) is 12.0 Å². The van der Waals surface area contributed by atoms with Crippen LogP contribution in [0.2, 0.25) is 0 Å². The maximum Gasteiger partial charge on any atom is 0.178 e. The summed E-state index contributed by atoms with van der Waals surface area (Å²) in [6.45, 7) is 0. The number of aromatic nitrogens is 3. The van der Waals surface area contributed by atoms with Crippen LogP contribution in [0.15, 0.2) is 35.4 Å². The van der Waals surface area contributed by atoms with E-state index in [0.717, 1.165) is 34.7 Å². The van der Waals surface area contributed by atoms with Gasteiger partial charge < -0.3 is 10.7 Å². The first-order chi connectivity index (χ1) is 9.83. The van der Waals surface area contributed by atoms with E-state index >= 15 is 0 Å². The van der Waals surface area contributed by atoms with Crippen molar-refractivity contribution in [2.24, 2.45) is 0 Å². The fraction of sp³-hybridized carbons (Fsp3) is 0.200. The number of nitrogens with two attached hydrogens (primary N) is 1. The molecule has 0 aliphatic carbocycles. The number of fused-ring (bicyclic) bond motifs is 2. The SMILES string of the molecule is Nc1ccc2c(c1-c1nc3ncccc3[nH]1)CCCS2. The number of H-pyrrole nitrogens is 1. The number of nitrogens with one attached hydrogen (secondary N) is 1. The molecule has 4 nitrogen and oxygen atoms in total. The number of anilines is 1. The molecule has 4 rings (SSSR count). The molecule has 5 heteroatoms. The van der Waals surface area contributed by atoms with Gasteiger partial charge in [-0.2, -0.15) is 0 Å². The van der Waals surface area contributed by atoms with Crippen molar-refractivity contribution >= 4 is 28.6 Å². The topological polar surface area (TPSA) is 67.6 Å². The van der Waals surface area contributed by atoms with Crippen LogP contribution < -0.4 is 5.73 Å². The lowest BCUT2D eigenvalue weighted by atomic mass is 10.0. The number of nitrogens with zero attached hydrogens (tertiary/aromatic N) is 2. The summed E-state index contributed by atoms with van der Waals surface area (Å²) in [6, 6.07) is 8.00. The highest BCUT2D eigenvalue weighted by molar-refractivity contribution is 7.99. The Labute approximate surface area is 120 Å². The standard InChI is InChI=1S/C15H14N4S/c16-10-5-6-12-9(3-2-8-20-12)13(10)15-18-11-4-1-7-17-14(11)19-15/h1,4-7H,2-3,8,16H2,(H,17,18,19). The second kappa shape index (κ2) is 4.52. The van der Waals surface area contributed by atoms with Crippen molar-refractivity contribution in [3.8, 4) is 11.4 Å². The largest absolute Gasteiger partial charge is 0.398 e. The van der Waals surface area contributed by atoms with Crippen LogP contribution in [0.25, 0.3) is 22.6 Å². The van der Waals surface area contributed by atoms with Crippen LogP contribution >= 0.6 is 11.8 Å². The average Bonchev–Trinajstić information content (AvgIpc) is 2.90. The van der Waals surface area contributed by atoms with Gasteiger partial charge in [-0.25, -0.2) is 9.97 Å². The third-order valence-corrected chi connectivity index (χ3v) is 4.81. The normalized spacial score (nSPS) is 14.4. The van der Waals surface area contributed by atoms with Crippen LogP contribution in [0.4, 0.5) is 5.69 Å². The highest BCUT2D eigenvalue weighted by Crippen LogP contribution is 2.39. The molecular weight excluding hydrogens is 268 g/mol. The third kappa shape index (κ3) is 1.78. The summed E-state index contributed by atoms with van der Waals surface area (Å²) >= 11 is 1.90. The quantitative estimate of drug-likeness (QED) is 0.672. The Balaban J connectivity index is 1.97. The van der Waals surface area contributed by atoms with Gasteiger partial charge >= 0.3 is 0 Å². The monoisotopic (exact) mass is 282 g/mol. The molecule has 0 saturated carbocycles. The minimum absolute atomic E-state index is 0.739. The number of imidazole rings is 1. The van der Waals surface area contributed by atoms with E-state index in [9.17, 15) is 0 Å². The van der Waals surface area contributed by atoms with Crippen molar-refractivity contribution in [1.29, 1.82) is 0 Å². The van der Waals surface area contributed by atoms with Crippen molar-refractivity contribution in [1.82, 2.24) is 15.0 Å². The number of hydrogen-bond donors (Lipinski definition) is 2. The van der Waals surface area contributed by atoms with Crippen molar-refractivity contribution in [3.05, 3.63) is 36.0 Å². The first kappa shape index (κ1) is 11.8. The van der Waals surface area contributed by atoms with E-state index in [-0.39, 0.29) is 0 Å². The number of thioether (sulfide) groups is 1. The molecule has 0 spiro atoms. The molecule has 1 aromatic carbocycles. The Bertz CT molecular complexity index is 761. The maximum atomic E-state index is 6.21. The summed E-state index contributed by atoms with van der Waals surface area (Å²) in [5, 5.41) is 0. The van der Waals surface area contributed by atoms with Crippen molar-refractivity contribution in [3.63, 3.8) is 0 Å². The molecule has 0 amide bonds. The zero-order valence-electron chi connectivity index (χ0n) is 10.9. The Morgan fingerprint density at radius 1 is 1.25 bits per heavy atom. The van der Waals surface area contributed by atoms with E-state index < -0.39 is 0 Å². The van der Waals surface area contributed by atoms with E-state index in [1.54, 1.807) is 6.20 Å². The van der Waals surface area contributed by atoms with Gasteiger partial charge in [0.25, 0.3) is 0 Å². The van der Waals surface area contributed by atoms with Gasteiger partial charge in [-0.15, -0.1) is 11.8 Å². The van der Waals surface area contributed by atoms with Crippen LogP contribution in [0, 0.1) is 0 Å². The molecule has 2 aromatic heterocycles. The van der Waals surface area contributed by atoms with Gasteiger partial charge in [0.1, 0.15) is 5.82 Å². The molecular formula is C15H14N4S. The zero-order chi connectivity index (χ0) is 13.5.